The Bertz CT molecular complexity index is 1060. The van der Waals surface area contributed by atoms with Crippen LogP contribution in [0.25, 0.3) is 0 Å². The number of carbonyl (C=O) groups excluding carboxylic acids is 1. The molecule has 8 nitrogen and oxygen atoms in total. The van der Waals surface area contributed by atoms with E-state index in [9.17, 15) is 19.3 Å². The number of nitrogens with one attached hydrogen (secondary N) is 1. The summed E-state index contributed by atoms with van der Waals surface area (Å²) in [4.78, 5) is 22.7. The van der Waals surface area contributed by atoms with Crippen molar-refractivity contribution in [1.82, 2.24) is 9.78 Å². The van der Waals surface area contributed by atoms with Gasteiger partial charge < -0.3 is 10.1 Å². The zero-order valence-electron chi connectivity index (χ0n) is 13.9. The van der Waals surface area contributed by atoms with Crippen molar-refractivity contribution in [2.75, 3.05) is 5.32 Å². The first-order chi connectivity index (χ1) is 13.3. The quantitative estimate of drug-likeness (QED) is 0.462. The largest absolute Gasteiger partial charge is 0.471 e. The Morgan fingerprint density at radius 1 is 1.25 bits per heavy atom. The molecular weight excluding hydrogens is 414 g/mol. The number of hydrogen-bond donors (Lipinski definition) is 1. The minimum atomic E-state index is -0.651. The number of nitrogens with zero attached hydrogens (tertiary/aromatic N) is 3. The van der Waals surface area contributed by atoms with Gasteiger partial charge in [0.1, 0.15) is 17.3 Å². The molecule has 0 aliphatic heterocycles. The van der Waals surface area contributed by atoms with Crippen molar-refractivity contribution in [3.8, 4) is 5.75 Å². The summed E-state index contributed by atoms with van der Waals surface area (Å²) in [5, 5.41) is 17.6. The number of hydrogen-bond acceptors (Lipinski definition) is 5. The minimum absolute atomic E-state index is 0.00819. The Hall–Kier alpha value is -3.17. The van der Waals surface area contributed by atoms with E-state index in [1.165, 1.54) is 47.3 Å². The lowest BCUT2D eigenvalue weighted by atomic mass is 10.2. The number of amides is 1. The molecule has 0 atom stereocenters. The fourth-order valence-electron chi connectivity index (χ4n) is 2.21. The van der Waals surface area contributed by atoms with Crippen molar-refractivity contribution in [2.45, 2.75) is 6.73 Å². The molecule has 0 fully saturated rings. The second-order valence-corrected chi connectivity index (χ2v) is 6.31. The summed E-state index contributed by atoms with van der Waals surface area (Å²) in [5.74, 6) is -0.887. The first kappa shape index (κ1) is 19.6. The van der Waals surface area contributed by atoms with Crippen LogP contribution in [0.3, 0.4) is 0 Å². The van der Waals surface area contributed by atoms with E-state index in [1.54, 1.807) is 0 Å². The average molecular weight is 425 g/mol. The van der Waals surface area contributed by atoms with Gasteiger partial charge in [-0.2, -0.15) is 5.10 Å². The zero-order valence-corrected chi connectivity index (χ0v) is 15.4. The van der Waals surface area contributed by atoms with Crippen molar-refractivity contribution < 1.29 is 18.8 Å². The number of nitro benzene ring substituents is 1. The summed E-state index contributed by atoms with van der Waals surface area (Å²) in [6.07, 6.45) is 1.48. The Kier molecular flexibility index (Phi) is 5.76. The summed E-state index contributed by atoms with van der Waals surface area (Å²) in [5.41, 5.74) is -0.326. The van der Waals surface area contributed by atoms with Gasteiger partial charge in [0.2, 0.25) is 0 Å². The molecule has 144 valence electrons. The van der Waals surface area contributed by atoms with Gasteiger partial charge in [0.05, 0.1) is 9.95 Å². The van der Waals surface area contributed by atoms with E-state index in [-0.39, 0.29) is 33.8 Å². The molecule has 2 aromatic carbocycles. The van der Waals surface area contributed by atoms with Gasteiger partial charge in [0.15, 0.2) is 12.4 Å². The van der Waals surface area contributed by atoms with E-state index >= 15 is 0 Å². The normalized spacial score (nSPS) is 10.5. The van der Waals surface area contributed by atoms with E-state index in [0.717, 1.165) is 6.07 Å². The first-order valence-electron chi connectivity index (χ1n) is 7.70. The van der Waals surface area contributed by atoms with E-state index in [2.05, 4.69) is 10.4 Å². The maximum absolute atomic E-state index is 13.1. The molecule has 1 N–H and O–H groups in total. The summed E-state index contributed by atoms with van der Waals surface area (Å²) < 4.78 is 19.9. The van der Waals surface area contributed by atoms with Crippen LogP contribution in [-0.4, -0.2) is 20.6 Å². The van der Waals surface area contributed by atoms with Crippen LogP contribution in [0.2, 0.25) is 10.0 Å². The summed E-state index contributed by atoms with van der Waals surface area (Å²) in [6.45, 7) is -0.0592. The van der Waals surface area contributed by atoms with E-state index in [1.807, 2.05) is 0 Å². The third-order valence-electron chi connectivity index (χ3n) is 3.53. The zero-order chi connectivity index (χ0) is 20.3. The lowest BCUT2D eigenvalue weighted by Gasteiger charge is -2.07. The highest BCUT2D eigenvalue weighted by atomic mass is 35.5. The highest BCUT2D eigenvalue weighted by Gasteiger charge is 2.18. The van der Waals surface area contributed by atoms with Gasteiger partial charge in [-0.3, -0.25) is 14.9 Å². The van der Waals surface area contributed by atoms with Crippen molar-refractivity contribution in [3.63, 3.8) is 0 Å². The molecule has 0 unspecified atom stereocenters. The molecule has 0 radical (unpaired) electrons. The molecular formula is C17H11Cl2FN4O4. The van der Waals surface area contributed by atoms with Crippen molar-refractivity contribution in [3.05, 3.63) is 80.3 Å². The lowest BCUT2D eigenvalue weighted by molar-refractivity contribution is -0.383. The minimum Gasteiger partial charge on any atom is -0.471 e. The highest BCUT2D eigenvalue weighted by Crippen LogP contribution is 2.28. The van der Waals surface area contributed by atoms with Crippen LogP contribution in [0, 0.1) is 15.9 Å². The van der Waals surface area contributed by atoms with E-state index in [0.29, 0.717) is 5.75 Å². The van der Waals surface area contributed by atoms with Crippen LogP contribution in [0.5, 0.6) is 5.75 Å². The maximum atomic E-state index is 13.1. The molecule has 0 aliphatic carbocycles. The number of carbonyl (C=O) groups is 1. The van der Waals surface area contributed by atoms with Crippen LogP contribution < -0.4 is 10.1 Å². The molecule has 0 saturated heterocycles. The van der Waals surface area contributed by atoms with Crippen LogP contribution in [-0.2, 0) is 6.73 Å². The molecule has 0 spiro atoms. The molecule has 3 aromatic rings. The number of halogens is 3. The van der Waals surface area contributed by atoms with Crippen LogP contribution in [0.1, 0.15) is 10.5 Å². The Morgan fingerprint density at radius 3 is 2.75 bits per heavy atom. The predicted molar refractivity (Wildman–Crippen MR) is 100 cm³/mol. The smallest absolute Gasteiger partial charge is 0.294 e. The standard InChI is InChI=1S/C17H11Cl2FN4O4/c18-10-1-4-14(16(7-10)24(26)27)21-17(25)15-5-6-23(22-15)9-28-11-2-3-13(20)12(19)8-11/h1-8H,9H2,(H,21,25). The van der Waals surface area contributed by atoms with E-state index in [4.69, 9.17) is 27.9 Å². The molecule has 0 bridgehead atoms. The summed E-state index contributed by atoms with van der Waals surface area (Å²) in [7, 11) is 0. The number of benzene rings is 2. The van der Waals surface area contributed by atoms with Crippen LogP contribution in [0.4, 0.5) is 15.8 Å². The van der Waals surface area contributed by atoms with Crippen LogP contribution >= 0.6 is 23.2 Å². The molecule has 28 heavy (non-hydrogen) atoms. The van der Waals surface area contributed by atoms with Gasteiger partial charge in [-0.05, 0) is 30.3 Å². The van der Waals surface area contributed by atoms with Crippen molar-refractivity contribution >= 4 is 40.5 Å². The SMILES string of the molecule is O=C(Nc1ccc(Cl)cc1[N+](=O)[O-])c1ccn(COc2ccc(F)c(Cl)c2)n1. The Morgan fingerprint density at radius 2 is 2.04 bits per heavy atom. The number of nitro groups is 1. The second-order valence-electron chi connectivity index (χ2n) is 5.46. The van der Waals surface area contributed by atoms with Crippen molar-refractivity contribution in [1.29, 1.82) is 0 Å². The molecule has 1 heterocycles. The fraction of sp³-hybridized carbons (Fsp3) is 0.0588. The number of rotatable bonds is 6. The number of ether oxygens (including phenoxy) is 1. The Labute approximate surface area is 167 Å². The van der Waals surface area contributed by atoms with Gasteiger partial charge in [-0.25, -0.2) is 9.07 Å². The molecule has 1 aromatic heterocycles. The van der Waals surface area contributed by atoms with Gasteiger partial charge in [0.25, 0.3) is 11.6 Å². The molecule has 0 aliphatic rings. The lowest BCUT2D eigenvalue weighted by Crippen LogP contribution is -2.15. The topological polar surface area (TPSA) is 99.3 Å². The molecule has 11 heteroatoms. The summed E-state index contributed by atoms with van der Waals surface area (Å²) in [6, 6.07) is 9.18. The molecule has 3 rings (SSSR count). The van der Waals surface area contributed by atoms with Gasteiger partial charge in [-0.15, -0.1) is 0 Å². The second kappa shape index (κ2) is 8.24. The monoisotopic (exact) mass is 424 g/mol. The maximum Gasteiger partial charge on any atom is 0.294 e. The number of aromatic nitrogens is 2. The van der Waals surface area contributed by atoms with Crippen LogP contribution in [0.15, 0.2) is 48.7 Å². The third-order valence-corrected chi connectivity index (χ3v) is 4.06. The molecule has 1 amide bonds. The summed E-state index contributed by atoms with van der Waals surface area (Å²) >= 11 is 11.4. The fourth-order valence-corrected chi connectivity index (χ4v) is 2.55. The van der Waals surface area contributed by atoms with Crippen molar-refractivity contribution in [2.24, 2.45) is 0 Å². The average Bonchev–Trinajstić information content (AvgIpc) is 3.13. The first-order valence-corrected chi connectivity index (χ1v) is 8.45. The van der Waals surface area contributed by atoms with E-state index < -0.39 is 16.6 Å². The highest BCUT2D eigenvalue weighted by molar-refractivity contribution is 6.31. The number of anilines is 1. The van der Waals surface area contributed by atoms with Gasteiger partial charge >= 0.3 is 0 Å². The Balaban J connectivity index is 1.67. The predicted octanol–water partition coefficient (Wildman–Crippen LogP) is 4.53. The third kappa shape index (κ3) is 4.56. The van der Waals surface area contributed by atoms with Gasteiger partial charge in [-0.1, -0.05) is 23.2 Å². The van der Waals surface area contributed by atoms with Gasteiger partial charge in [0, 0.05) is 23.4 Å². The molecule has 0 saturated carbocycles.